The minimum Gasteiger partial charge on any atom is -0.398 e. The van der Waals surface area contributed by atoms with Crippen molar-refractivity contribution < 1.29 is 0 Å². The van der Waals surface area contributed by atoms with Crippen LogP contribution >= 0.6 is 0 Å². The number of imidazole rings is 1. The fourth-order valence-corrected chi connectivity index (χ4v) is 2.73. The van der Waals surface area contributed by atoms with Gasteiger partial charge in [0.25, 0.3) is 0 Å². The summed E-state index contributed by atoms with van der Waals surface area (Å²) in [6.07, 6.45) is 5.65. The summed E-state index contributed by atoms with van der Waals surface area (Å²) in [4.78, 5) is 9.19. The predicted molar refractivity (Wildman–Crippen MR) is 97.3 cm³/mol. The van der Waals surface area contributed by atoms with E-state index in [-0.39, 0.29) is 0 Å². The Hall–Kier alpha value is -3.34. The van der Waals surface area contributed by atoms with Gasteiger partial charge in [-0.05, 0) is 30.7 Å². The van der Waals surface area contributed by atoms with Crippen molar-refractivity contribution in [2.75, 3.05) is 11.1 Å². The Morgan fingerprint density at radius 3 is 2.71 bits per heavy atom. The van der Waals surface area contributed by atoms with Crippen molar-refractivity contribution in [3.05, 3.63) is 72.7 Å². The highest BCUT2D eigenvalue weighted by molar-refractivity contribution is 5.76. The molecular weight excluding hydrogens is 298 g/mol. The van der Waals surface area contributed by atoms with Crippen molar-refractivity contribution in [2.45, 2.75) is 6.92 Å². The molecule has 0 atom stereocenters. The molecule has 0 radical (unpaired) electrons. The number of para-hydroxylation sites is 1. The van der Waals surface area contributed by atoms with E-state index in [0.717, 1.165) is 33.8 Å². The molecule has 0 saturated carbocycles. The van der Waals surface area contributed by atoms with Crippen molar-refractivity contribution in [1.82, 2.24) is 14.4 Å². The lowest BCUT2D eigenvalue weighted by atomic mass is 10.0. The minimum absolute atomic E-state index is 0.713. The van der Waals surface area contributed by atoms with Crippen LogP contribution in [0.25, 0.3) is 16.9 Å². The van der Waals surface area contributed by atoms with Crippen molar-refractivity contribution in [2.24, 2.45) is 0 Å². The second-order valence-electron chi connectivity index (χ2n) is 5.64. The summed E-state index contributed by atoms with van der Waals surface area (Å²) < 4.78 is 1.97. The van der Waals surface area contributed by atoms with Crippen molar-refractivity contribution >= 4 is 22.8 Å². The number of nitrogens with two attached hydrogens (primary N) is 1. The van der Waals surface area contributed by atoms with Gasteiger partial charge in [0.05, 0.1) is 5.69 Å². The zero-order valence-corrected chi connectivity index (χ0v) is 13.3. The molecule has 2 heterocycles. The first kappa shape index (κ1) is 14.3. The van der Waals surface area contributed by atoms with Gasteiger partial charge in [-0.1, -0.05) is 30.3 Å². The van der Waals surface area contributed by atoms with Crippen molar-refractivity contribution in [1.29, 1.82) is 0 Å². The maximum Gasteiger partial charge on any atom is 0.180 e. The van der Waals surface area contributed by atoms with E-state index in [2.05, 4.69) is 10.3 Å². The molecule has 5 nitrogen and oxygen atoms in total. The molecule has 0 aliphatic heterocycles. The van der Waals surface area contributed by atoms with Crippen LogP contribution in [0.1, 0.15) is 5.56 Å². The van der Waals surface area contributed by atoms with Crippen LogP contribution in [-0.4, -0.2) is 14.4 Å². The van der Waals surface area contributed by atoms with Crippen LogP contribution in [0, 0.1) is 6.92 Å². The Kier molecular flexibility index (Phi) is 3.39. The molecule has 118 valence electrons. The summed E-state index contributed by atoms with van der Waals surface area (Å²) in [6.45, 7) is 2.01. The number of hydrogen-bond donors (Lipinski definition) is 2. The summed E-state index contributed by atoms with van der Waals surface area (Å²) in [6, 6.07) is 15.8. The number of nitrogen functional groups attached to an aromatic ring is 1. The summed E-state index contributed by atoms with van der Waals surface area (Å²) in [7, 11) is 0. The second kappa shape index (κ2) is 5.70. The largest absolute Gasteiger partial charge is 0.398 e. The molecule has 4 rings (SSSR count). The topological polar surface area (TPSA) is 68.2 Å². The van der Waals surface area contributed by atoms with E-state index in [4.69, 9.17) is 10.7 Å². The number of fused-ring (bicyclic) bond motifs is 1. The standard InChI is InChI=1S/C19H17N5/c1-13-15(8-5-9-16(13)20)17-12-24-11-10-21-19(24)18(23-17)22-14-6-3-2-4-7-14/h2-12H,20H2,1H3,(H,22,23). The van der Waals surface area contributed by atoms with E-state index in [1.54, 1.807) is 6.20 Å². The van der Waals surface area contributed by atoms with Crippen LogP contribution in [0.2, 0.25) is 0 Å². The number of nitrogens with zero attached hydrogens (tertiary/aromatic N) is 3. The van der Waals surface area contributed by atoms with Gasteiger partial charge in [0.2, 0.25) is 0 Å². The van der Waals surface area contributed by atoms with Gasteiger partial charge in [-0.25, -0.2) is 9.97 Å². The molecule has 4 aromatic rings. The summed E-state index contributed by atoms with van der Waals surface area (Å²) in [5, 5.41) is 3.35. The number of anilines is 3. The summed E-state index contributed by atoms with van der Waals surface area (Å²) in [5.41, 5.74) is 11.5. The average Bonchev–Trinajstić information content (AvgIpc) is 3.07. The van der Waals surface area contributed by atoms with E-state index in [1.165, 1.54) is 0 Å². The average molecular weight is 315 g/mol. The van der Waals surface area contributed by atoms with Gasteiger partial charge in [-0.2, -0.15) is 0 Å². The first-order valence-electron chi connectivity index (χ1n) is 7.73. The molecule has 24 heavy (non-hydrogen) atoms. The molecule has 0 amide bonds. The van der Waals surface area contributed by atoms with Crippen LogP contribution in [0.5, 0.6) is 0 Å². The Morgan fingerprint density at radius 1 is 1.04 bits per heavy atom. The van der Waals surface area contributed by atoms with Crippen LogP contribution in [0.4, 0.5) is 17.2 Å². The normalized spacial score (nSPS) is 10.9. The number of nitrogens with one attached hydrogen (secondary N) is 1. The fourth-order valence-electron chi connectivity index (χ4n) is 2.73. The second-order valence-corrected chi connectivity index (χ2v) is 5.64. The number of benzene rings is 2. The Bertz CT molecular complexity index is 1000. The Balaban J connectivity index is 1.87. The molecule has 0 bridgehead atoms. The van der Waals surface area contributed by atoms with E-state index in [0.29, 0.717) is 5.82 Å². The lowest BCUT2D eigenvalue weighted by molar-refractivity contribution is 1.13. The summed E-state index contributed by atoms with van der Waals surface area (Å²) >= 11 is 0. The van der Waals surface area contributed by atoms with Crippen LogP contribution < -0.4 is 11.1 Å². The van der Waals surface area contributed by atoms with Crippen LogP contribution in [0.3, 0.4) is 0 Å². The predicted octanol–water partition coefficient (Wildman–Crippen LogP) is 4.03. The molecule has 5 heteroatoms. The highest BCUT2D eigenvalue weighted by Crippen LogP contribution is 2.28. The zero-order valence-electron chi connectivity index (χ0n) is 13.3. The molecule has 0 unspecified atom stereocenters. The molecule has 0 aliphatic rings. The number of rotatable bonds is 3. The molecule has 0 aliphatic carbocycles. The lowest BCUT2D eigenvalue weighted by Gasteiger charge is -2.12. The third-order valence-electron chi connectivity index (χ3n) is 4.06. The van der Waals surface area contributed by atoms with Gasteiger partial charge in [-0.3, -0.25) is 0 Å². The molecule has 2 aromatic heterocycles. The Morgan fingerprint density at radius 2 is 1.88 bits per heavy atom. The highest BCUT2D eigenvalue weighted by atomic mass is 15.1. The van der Waals surface area contributed by atoms with Gasteiger partial charge in [-0.15, -0.1) is 0 Å². The lowest BCUT2D eigenvalue weighted by Crippen LogP contribution is -2.01. The number of aromatic nitrogens is 3. The third-order valence-corrected chi connectivity index (χ3v) is 4.06. The zero-order chi connectivity index (χ0) is 16.5. The van der Waals surface area contributed by atoms with Gasteiger partial charge >= 0.3 is 0 Å². The molecule has 0 spiro atoms. The van der Waals surface area contributed by atoms with Crippen LogP contribution in [0.15, 0.2) is 67.1 Å². The van der Waals surface area contributed by atoms with E-state index >= 15 is 0 Å². The third kappa shape index (κ3) is 2.46. The van der Waals surface area contributed by atoms with Gasteiger partial charge in [0, 0.05) is 35.5 Å². The van der Waals surface area contributed by atoms with E-state index < -0.39 is 0 Å². The first-order chi connectivity index (χ1) is 11.7. The maximum atomic E-state index is 6.05. The minimum atomic E-state index is 0.713. The highest BCUT2D eigenvalue weighted by Gasteiger charge is 2.12. The van der Waals surface area contributed by atoms with Gasteiger partial charge in [0.15, 0.2) is 11.5 Å². The van der Waals surface area contributed by atoms with E-state index in [9.17, 15) is 0 Å². The van der Waals surface area contributed by atoms with Crippen molar-refractivity contribution in [3.8, 4) is 11.3 Å². The van der Waals surface area contributed by atoms with Crippen LogP contribution in [-0.2, 0) is 0 Å². The SMILES string of the molecule is Cc1c(N)cccc1-c1cn2ccnc2c(Nc2ccccc2)n1. The summed E-state index contributed by atoms with van der Waals surface area (Å²) in [5.74, 6) is 0.713. The first-order valence-corrected chi connectivity index (χ1v) is 7.73. The molecule has 0 saturated heterocycles. The Labute approximate surface area is 139 Å². The van der Waals surface area contributed by atoms with Gasteiger partial charge < -0.3 is 15.5 Å². The quantitative estimate of drug-likeness (QED) is 0.560. The monoisotopic (exact) mass is 315 g/mol. The molecule has 3 N–H and O–H groups in total. The van der Waals surface area contributed by atoms with Gasteiger partial charge in [0.1, 0.15) is 0 Å². The smallest absolute Gasteiger partial charge is 0.180 e. The van der Waals surface area contributed by atoms with E-state index in [1.807, 2.05) is 72.2 Å². The molecule has 2 aromatic carbocycles. The number of hydrogen-bond acceptors (Lipinski definition) is 4. The maximum absolute atomic E-state index is 6.05. The molecular formula is C19H17N5. The fraction of sp³-hybridized carbons (Fsp3) is 0.0526. The van der Waals surface area contributed by atoms with Crippen molar-refractivity contribution in [3.63, 3.8) is 0 Å². The molecule has 0 fully saturated rings.